The number of hydrazine groups is 1. The number of ether oxygens (including phenoxy) is 2. The fourth-order valence-corrected chi connectivity index (χ4v) is 7.05. The zero-order chi connectivity index (χ0) is 33.8. The van der Waals surface area contributed by atoms with Crippen LogP contribution in [0.25, 0.3) is 10.4 Å². The molecule has 0 radical (unpaired) electrons. The highest BCUT2D eigenvalue weighted by Gasteiger charge is 2.45. The Labute approximate surface area is 283 Å². The number of nitriles is 1. The van der Waals surface area contributed by atoms with Crippen molar-refractivity contribution in [3.8, 4) is 22.3 Å². The predicted molar refractivity (Wildman–Crippen MR) is 186 cm³/mol. The second-order valence-corrected chi connectivity index (χ2v) is 12.6. The SMILES string of the molecule is COc1ccc(CN2C(=NC(=O)OCc3ccccc3)N(C)N(C)c3ccccc3C2(C)c2ccc(-c3ccc(F)c(C#N)c3)s2)cc1. The molecule has 4 aromatic carbocycles. The van der Waals surface area contributed by atoms with Crippen LogP contribution in [-0.4, -0.2) is 43.2 Å². The van der Waals surface area contributed by atoms with Gasteiger partial charge in [-0.25, -0.2) is 9.18 Å². The maximum absolute atomic E-state index is 14.2. The van der Waals surface area contributed by atoms with E-state index in [1.165, 1.54) is 17.4 Å². The molecule has 0 bridgehead atoms. The number of benzene rings is 4. The number of thiophene rings is 1. The van der Waals surface area contributed by atoms with Gasteiger partial charge in [0.1, 0.15) is 29.8 Å². The van der Waals surface area contributed by atoms with Crippen LogP contribution >= 0.6 is 11.3 Å². The molecule has 0 saturated carbocycles. The molecule has 0 aliphatic carbocycles. The Morgan fingerprint density at radius 1 is 0.917 bits per heavy atom. The highest BCUT2D eigenvalue weighted by Crippen LogP contribution is 2.48. The van der Waals surface area contributed by atoms with Crippen molar-refractivity contribution < 1.29 is 18.7 Å². The Balaban J connectivity index is 1.51. The van der Waals surface area contributed by atoms with Gasteiger partial charge in [-0.1, -0.05) is 66.7 Å². The molecule has 0 spiro atoms. The minimum Gasteiger partial charge on any atom is -0.497 e. The Morgan fingerprint density at radius 2 is 1.65 bits per heavy atom. The lowest BCUT2D eigenvalue weighted by Crippen LogP contribution is -2.53. The van der Waals surface area contributed by atoms with Gasteiger partial charge in [-0.2, -0.15) is 5.26 Å². The second kappa shape index (κ2) is 13.6. The molecule has 1 aromatic heterocycles. The van der Waals surface area contributed by atoms with Gasteiger partial charge in [0.05, 0.1) is 18.4 Å². The van der Waals surface area contributed by atoms with E-state index in [4.69, 9.17) is 9.47 Å². The Kier molecular flexibility index (Phi) is 9.15. The van der Waals surface area contributed by atoms with Crippen LogP contribution in [0.4, 0.5) is 14.9 Å². The Hall–Kier alpha value is -5.66. The van der Waals surface area contributed by atoms with E-state index in [2.05, 4.69) is 22.9 Å². The van der Waals surface area contributed by atoms with Crippen molar-refractivity contribution in [3.63, 3.8) is 0 Å². The van der Waals surface area contributed by atoms with Crippen molar-refractivity contribution in [1.82, 2.24) is 9.91 Å². The number of carbonyl (C=O) groups is 1. The molecule has 48 heavy (non-hydrogen) atoms. The van der Waals surface area contributed by atoms with E-state index in [-0.39, 0.29) is 12.2 Å². The number of guanidine groups is 1. The van der Waals surface area contributed by atoms with E-state index < -0.39 is 17.4 Å². The molecule has 10 heteroatoms. The van der Waals surface area contributed by atoms with E-state index in [1.807, 2.05) is 115 Å². The zero-order valence-electron chi connectivity index (χ0n) is 27.1. The minimum atomic E-state index is -0.866. The number of nitrogens with zero attached hydrogens (tertiary/aromatic N) is 5. The van der Waals surface area contributed by atoms with Crippen LogP contribution in [0.15, 0.2) is 114 Å². The number of rotatable bonds is 7. The van der Waals surface area contributed by atoms with Crippen LogP contribution in [0.5, 0.6) is 5.75 Å². The molecule has 2 heterocycles. The summed E-state index contributed by atoms with van der Waals surface area (Å²) in [5.74, 6) is 0.560. The fraction of sp³-hybridized carbons (Fsp3) is 0.184. The first-order valence-corrected chi connectivity index (χ1v) is 16.1. The van der Waals surface area contributed by atoms with Gasteiger partial charge in [-0.15, -0.1) is 16.3 Å². The molecule has 0 N–H and O–H groups in total. The molecule has 1 aliphatic heterocycles. The van der Waals surface area contributed by atoms with Gasteiger partial charge in [0.25, 0.3) is 0 Å². The van der Waals surface area contributed by atoms with Crippen LogP contribution < -0.4 is 9.75 Å². The van der Waals surface area contributed by atoms with Gasteiger partial charge in [0.15, 0.2) is 0 Å². The molecule has 1 amide bonds. The topological polar surface area (TPSA) is 81.4 Å². The lowest BCUT2D eigenvalue weighted by atomic mass is 9.86. The van der Waals surface area contributed by atoms with Crippen molar-refractivity contribution in [2.24, 2.45) is 4.99 Å². The third-order valence-corrected chi connectivity index (χ3v) is 10.00. The third-order valence-electron chi connectivity index (χ3n) is 8.65. The first kappa shape index (κ1) is 32.3. The van der Waals surface area contributed by atoms with Gasteiger partial charge in [-0.3, -0.25) is 10.0 Å². The van der Waals surface area contributed by atoms with Crippen molar-refractivity contribution in [3.05, 3.63) is 142 Å². The Morgan fingerprint density at radius 3 is 2.38 bits per heavy atom. The molecule has 0 fully saturated rings. The molecular formula is C38H34FN5O3S. The lowest BCUT2D eigenvalue weighted by Gasteiger charge is -2.42. The summed E-state index contributed by atoms with van der Waals surface area (Å²) >= 11 is 1.54. The average molecular weight is 660 g/mol. The lowest BCUT2D eigenvalue weighted by molar-refractivity contribution is 0.148. The van der Waals surface area contributed by atoms with Gasteiger partial charge in [0, 0.05) is 36.0 Å². The van der Waals surface area contributed by atoms with E-state index in [9.17, 15) is 14.4 Å². The molecule has 0 saturated heterocycles. The largest absolute Gasteiger partial charge is 0.497 e. The highest BCUT2D eigenvalue weighted by molar-refractivity contribution is 7.15. The van der Waals surface area contributed by atoms with Gasteiger partial charge < -0.3 is 14.4 Å². The van der Waals surface area contributed by atoms with Crippen molar-refractivity contribution in [1.29, 1.82) is 5.26 Å². The molecule has 5 aromatic rings. The summed E-state index contributed by atoms with van der Waals surface area (Å²) in [5, 5.41) is 13.3. The number of hydrogen-bond donors (Lipinski definition) is 0. The van der Waals surface area contributed by atoms with Gasteiger partial charge in [0.2, 0.25) is 5.96 Å². The number of methoxy groups -OCH3 is 1. The summed E-state index contributed by atoms with van der Waals surface area (Å²) in [6.07, 6.45) is -0.718. The quantitative estimate of drug-likeness (QED) is 0.174. The first-order chi connectivity index (χ1) is 23.2. The molecule has 1 aliphatic rings. The van der Waals surface area contributed by atoms with Crippen LogP contribution in [0.1, 0.15) is 34.1 Å². The number of para-hydroxylation sites is 1. The number of halogens is 1. The number of amides is 1. The van der Waals surface area contributed by atoms with Gasteiger partial charge >= 0.3 is 6.09 Å². The third kappa shape index (κ3) is 6.20. The number of fused-ring (bicyclic) bond motifs is 1. The van der Waals surface area contributed by atoms with E-state index in [1.54, 1.807) is 19.2 Å². The monoisotopic (exact) mass is 659 g/mol. The highest BCUT2D eigenvalue weighted by atomic mass is 32.1. The van der Waals surface area contributed by atoms with Crippen LogP contribution in [0.2, 0.25) is 0 Å². The fourth-order valence-electron chi connectivity index (χ4n) is 5.88. The maximum Gasteiger partial charge on any atom is 0.437 e. The van der Waals surface area contributed by atoms with Crippen molar-refractivity contribution in [2.45, 2.75) is 25.6 Å². The van der Waals surface area contributed by atoms with Crippen LogP contribution in [0, 0.1) is 17.1 Å². The smallest absolute Gasteiger partial charge is 0.437 e. The predicted octanol–water partition coefficient (Wildman–Crippen LogP) is 8.19. The number of aliphatic imine (C=N–C) groups is 1. The van der Waals surface area contributed by atoms with Crippen molar-refractivity contribution >= 4 is 29.1 Å². The summed E-state index contributed by atoms with van der Waals surface area (Å²) < 4.78 is 25.3. The van der Waals surface area contributed by atoms with Gasteiger partial charge in [-0.05, 0) is 66.1 Å². The van der Waals surface area contributed by atoms with Crippen LogP contribution in [-0.2, 0) is 23.4 Å². The molecule has 242 valence electrons. The molecule has 1 atom stereocenters. The number of hydrogen-bond acceptors (Lipinski definition) is 6. The van der Waals surface area contributed by atoms with E-state index in [0.29, 0.717) is 12.5 Å². The second-order valence-electron chi connectivity index (χ2n) is 11.5. The summed E-state index contributed by atoms with van der Waals surface area (Å²) in [6.45, 7) is 2.58. The maximum atomic E-state index is 14.2. The summed E-state index contributed by atoms with van der Waals surface area (Å²) in [4.78, 5) is 22.0. The first-order valence-electron chi connectivity index (χ1n) is 15.3. The average Bonchev–Trinajstić information content (AvgIpc) is 3.61. The molecular weight excluding hydrogens is 626 g/mol. The van der Waals surface area contributed by atoms with E-state index in [0.717, 1.165) is 43.4 Å². The summed E-state index contributed by atoms with van der Waals surface area (Å²) in [5.41, 5.74) is 3.60. The zero-order valence-corrected chi connectivity index (χ0v) is 27.9. The molecule has 8 nitrogen and oxygen atoms in total. The normalized spacial score (nSPS) is 16.7. The standard InChI is InChI=1S/C38H34FN5O3S/c1-38(35-21-20-34(48-35)28-16-19-32(39)29(22-28)23-40)31-12-8-9-13-33(31)42(2)43(3)36(41-37(45)47-25-27-10-6-5-7-11-27)44(38)24-26-14-17-30(46-4)18-15-26/h5-22H,24-25H2,1-4H3. The Bertz CT molecular complexity index is 2010. The van der Waals surface area contributed by atoms with E-state index >= 15 is 0 Å². The van der Waals surface area contributed by atoms with Crippen LogP contribution in [0.3, 0.4) is 0 Å². The summed E-state index contributed by atoms with van der Waals surface area (Å²) in [6, 6.07) is 35.9. The molecule has 6 rings (SSSR count). The minimum absolute atomic E-state index is 0.0127. The number of anilines is 1. The number of carbonyl (C=O) groups excluding carboxylic acids is 1. The van der Waals surface area contributed by atoms with Crippen molar-refractivity contribution in [2.75, 3.05) is 26.2 Å². The summed E-state index contributed by atoms with van der Waals surface area (Å²) in [7, 11) is 5.43. The molecule has 1 unspecified atom stereocenters.